The van der Waals surface area contributed by atoms with Crippen LogP contribution in [-0.4, -0.2) is 12.1 Å². The lowest BCUT2D eigenvalue weighted by Crippen LogP contribution is -2.35. The second-order valence-corrected chi connectivity index (χ2v) is 6.70. The van der Waals surface area contributed by atoms with E-state index in [0.717, 1.165) is 41.7 Å². The van der Waals surface area contributed by atoms with E-state index in [1.165, 1.54) is 19.3 Å². The van der Waals surface area contributed by atoms with Crippen molar-refractivity contribution in [3.63, 3.8) is 0 Å². The summed E-state index contributed by atoms with van der Waals surface area (Å²) in [5, 5.41) is 4.01. The fraction of sp³-hybridized carbons (Fsp3) is 1.00. The molecule has 0 spiro atoms. The summed E-state index contributed by atoms with van der Waals surface area (Å²) in [5.41, 5.74) is 0. The molecular weight excluding hydrogens is 182 g/mol. The van der Waals surface area contributed by atoms with Crippen molar-refractivity contribution in [3.8, 4) is 0 Å². The summed E-state index contributed by atoms with van der Waals surface area (Å²) in [6.45, 7) is 2.44. The lowest BCUT2D eigenvalue weighted by Gasteiger charge is -2.19. The lowest BCUT2D eigenvalue weighted by atomic mass is 10.0. The van der Waals surface area contributed by atoms with Gasteiger partial charge < -0.3 is 5.32 Å². The predicted molar refractivity (Wildman–Crippen MR) is 61.5 cm³/mol. The number of hydrogen-bond acceptors (Lipinski definition) is 1. The largest absolute Gasteiger partial charge is 0.310 e. The molecule has 6 atom stereocenters. The van der Waals surface area contributed by atoms with Crippen LogP contribution in [0.1, 0.15) is 45.4 Å². The zero-order valence-electron chi connectivity index (χ0n) is 9.78. The van der Waals surface area contributed by atoms with Crippen LogP contribution in [0.4, 0.5) is 0 Å². The monoisotopic (exact) mass is 205 g/mol. The predicted octanol–water partition coefficient (Wildman–Crippen LogP) is 2.81. The molecule has 1 nitrogen and oxygen atoms in total. The normalized spacial score (nSPS) is 61.0. The molecule has 0 aromatic carbocycles. The summed E-state index contributed by atoms with van der Waals surface area (Å²) in [7, 11) is 0. The maximum atomic E-state index is 4.01. The molecule has 2 bridgehead atoms. The van der Waals surface area contributed by atoms with Gasteiger partial charge in [-0.2, -0.15) is 0 Å². The van der Waals surface area contributed by atoms with Gasteiger partial charge in [-0.05, 0) is 61.7 Å². The summed E-state index contributed by atoms with van der Waals surface area (Å²) >= 11 is 0. The smallest absolute Gasteiger partial charge is 0.0138 e. The minimum absolute atomic E-state index is 0.875. The SMILES string of the molecule is CC1CCCC1NC1C2C3CCC(C3)C12. The summed E-state index contributed by atoms with van der Waals surface area (Å²) < 4.78 is 0. The van der Waals surface area contributed by atoms with Gasteiger partial charge in [-0.1, -0.05) is 13.3 Å². The van der Waals surface area contributed by atoms with Crippen molar-refractivity contribution in [1.82, 2.24) is 5.32 Å². The molecule has 0 aliphatic heterocycles. The van der Waals surface area contributed by atoms with Crippen LogP contribution in [0.3, 0.4) is 0 Å². The van der Waals surface area contributed by atoms with E-state index >= 15 is 0 Å². The Kier molecular flexibility index (Phi) is 1.81. The summed E-state index contributed by atoms with van der Waals surface area (Å²) in [5.74, 6) is 5.46. The van der Waals surface area contributed by atoms with Crippen molar-refractivity contribution in [3.05, 3.63) is 0 Å². The molecule has 4 rings (SSSR count). The number of rotatable bonds is 2. The van der Waals surface area contributed by atoms with Crippen LogP contribution >= 0.6 is 0 Å². The van der Waals surface area contributed by atoms with Crippen molar-refractivity contribution in [1.29, 1.82) is 0 Å². The van der Waals surface area contributed by atoms with Gasteiger partial charge in [0.2, 0.25) is 0 Å². The van der Waals surface area contributed by atoms with Gasteiger partial charge in [0, 0.05) is 12.1 Å². The second-order valence-electron chi connectivity index (χ2n) is 6.70. The molecule has 6 unspecified atom stereocenters. The Morgan fingerprint density at radius 2 is 1.67 bits per heavy atom. The third-order valence-corrected chi connectivity index (χ3v) is 6.00. The van der Waals surface area contributed by atoms with Gasteiger partial charge in [-0.25, -0.2) is 0 Å². The Morgan fingerprint density at radius 3 is 2.27 bits per heavy atom. The van der Waals surface area contributed by atoms with Crippen LogP contribution < -0.4 is 5.32 Å². The van der Waals surface area contributed by atoms with Crippen molar-refractivity contribution in [2.45, 2.75) is 57.5 Å². The van der Waals surface area contributed by atoms with Crippen LogP contribution in [0.5, 0.6) is 0 Å². The number of hydrogen-bond donors (Lipinski definition) is 1. The fourth-order valence-corrected chi connectivity index (χ4v) is 5.19. The van der Waals surface area contributed by atoms with Gasteiger partial charge >= 0.3 is 0 Å². The first-order valence-electron chi connectivity index (χ1n) is 7.10. The van der Waals surface area contributed by atoms with Crippen LogP contribution in [0.15, 0.2) is 0 Å². The average molecular weight is 205 g/mol. The minimum atomic E-state index is 0.875. The first kappa shape index (κ1) is 9.04. The molecule has 0 aromatic rings. The fourth-order valence-electron chi connectivity index (χ4n) is 5.19. The van der Waals surface area contributed by atoms with E-state index < -0.39 is 0 Å². The third-order valence-electron chi connectivity index (χ3n) is 6.00. The molecule has 15 heavy (non-hydrogen) atoms. The molecule has 1 heteroatoms. The Balaban J connectivity index is 1.41. The van der Waals surface area contributed by atoms with Gasteiger partial charge in [0.15, 0.2) is 0 Å². The minimum Gasteiger partial charge on any atom is -0.310 e. The maximum absolute atomic E-state index is 4.01. The van der Waals surface area contributed by atoms with Gasteiger partial charge in [0.05, 0.1) is 0 Å². The molecule has 1 N–H and O–H groups in total. The van der Waals surface area contributed by atoms with Gasteiger partial charge in [-0.3, -0.25) is 0 Å². The van der Waals surface area contributed by atoms with E-state index in [4.69, 9.17) is 0 Å². The molecule has 0 aromatic heterocycles. The Labute approximate surface area is 93.0 Å². The first-order chi connectivity index (χ1) is 7.34. The van der Waals surface area contributed by atoms with Crippen molar-refractivity contribution < 1.29 is 0 Å². The molecule has 84 valence electrons. The standard InChI is InChI=1S/C14H23N/c1-8-3-2-4-11(8)15-14-12-9-5-6-10(7-9)13(12)14/h8-15H,2-7H2,1H3. The van der Waals surface area contributed by atoms with Crippen molar-refractivity contribution in [2.24, 2.45) is 29.6 Å². The highest BCUT2D eigenvalue weighted by molar-refractivity contribution is 5.17. The topological polar surface area (TPSA) is 12.0 Å². The zero-order chi connectivity index (χ0) is 9.99. The zero-order valence-corrected chi connectivity index (χ0v) is 9.78. The van der Waals surface area contributed by atoms with E-state index in [1.807, 2.05) is 0 Å². The van der Waals surface area contributed by atoms with E-state index in [9.17, 15) is 0 Å². The van der Waals surface area contributed by atoms with Crippen LogP contribution in [0, 0.1) is 29.6 Å². The molecule has 0 heterocycles. The lowest BCUT2D eigenvalue weighted by molar-refractivity contribution is 0.374. The van der Waals surface area contributed by atoms with Crippen LogP contribution in [-0.2, 0) is 0 Å². The molecule has 4 fully saturated rings. The summed E-state index contributed by atoms with van der Waals surface area (Å²) in [4.78, 5) is 0. The van der Waals surface area contributed by atoms with E-state index in [2.05, 4.69) is 12.2 Å². The molecular formula is C14H23N. The molecule has 0 amide bonds. The highest BCUT2D eigenvalue weighted by Gasteiger charge is 2.65. The van der Waals surface area contributed by atoms with Gasteiger partial charge in [0.1, 0.15) is 0 Å². The van der Waals surface area contributed by atoms with Crippen molar-refractivity contribution >= 4 is 0 Å². The van der Waals surface area contributed by atoms with Gasteiger partial charge in [0.25, 0.3) is 0 Å². The molecule has 0 saturated heterocycles. The van der Waals surface area contributed by atoms with E-state index in [1.54, 1.807) is 19.3 Å². The first-order valence-corrected chi connectivity index (χ1v) is 7.10. The molecule has 4 saturated carbocycles. The third kappa shape index (κ3) is 1.19. The van der Waals surface area contributed by atoms with Gasteiger partial charge in [-0.15, -0.1) is 0 Å². The highest BCUT2D eigenvalue weighted by atomic mass is 15.1. The number of nitrogens with one attached hydrogen (secondary N) is 1. The molecule has 4 aliphatic carbocycles. The van der Waals surface area contributed by atoms with E-state index in [-0.39, 0.29) is 0 Å². The van der Waals surface area contributed by atoms with Crippen LogP contribution in [0.2, 0.25) is 0 Å². The second kappa shape index (κ2) is 3.00. The number of fused-ring (bicyclic) bond motifs is 5. The quantitative estimate of drug-likeness (QED) is 0.731. The summed E-state index contributed by atoms with van der Waals surface area (Å²) in [6, 6.07) is 1.83. The van der Waals surface area contributed by atoms with E-state index in [0.29, 0.717) is 0 Å². The Bertz CT molecular complexity index is 259. The molecule has 0 radical (unpaired) electrons. The van der Waals surface area contributed by atoms with Crippen LogP contribution in [0.25, 0.3) is 0 Å². The highest BCUT2D eigenvalue weighted by Crippen LogP contribution is 2.65. The Hall–Kier alpha value is -0.0400. The Morgan fingerprint density at radius 1 is 0.933 bits per heavy atom. The maximum Gasteiger partial charge on any atom is 0.0138 e. The van der Waals surface area contributed by atoms with Crippen molar-refractivity contribution in [2.75, 3.05) is 0 Å². The summed E-state index contributed by atoms with van der Waals surface area (Å²) in [6.07, 6.45) is 9.09. The molecule has 4 aliphatic rings. The average Bonchev–Trinajstić information content (AvgIpc) is 2.62.